The Morgan fingerprint density at radius 2 is 1.56 bits per heavy atom. The predicted octanol–water partition coefficient (Wildman–Crippen LogP) is 4.41. The molecule has 200 valence electrons. The SMILES string of the molecule is COc1ccc([C@H](CCl)CN(C)CCCN2CCc3cc(OC)c(OC)cc3CC2=O)cc1OC.Cl. The lowest BCUT2D eigenvalue weighted by molar-refractivity contribution is -0.130. The van der Waals surface area contributed by atoms with Gasteiger partial charge in [0.05, 0.1) is 34.9 Å². The van der Waals surface area contributed by atoms with Crippen molar-refractivity contribution < 1.29 is 23.7 Å². The fourth-order valence-corrected chi connectivity index (χ4v) is 4.88. The van der Waals surface area contributed by atoms with Crippen molar-refractivity contribution in [2.45, 2.75) is 25.2 Å². The number of methoxy groups -OCH3 is 4. The molecule has 0 aliphatic carbocycles. The third-order valence-electron chi connectivity index (χ3n) is 6.62. The number of carbonyl (C=O) groups excluding carboxylic acids is 1. The summed E-state index contributed by atoms with van der Waals surface area (Å²) in [6, 6.07) is 9.89. The van der Waals surface area contributed by atoms with Crippen LogP contribution in [0.4, 0.5) is 0 Å². The molecule has 0 aromatic heterocycles. The third kappa shape index (κ3) is 7.34. The molecule has 0 spiro atoms. The number of nitrogens with zero attached hydrogens (tertiary/aromatic N) is 2. The minimum absolute atomic E-state index is 0. The number of ether oxygens (including phenoxy) is 4. The standard InChI is InChI=1S/C27H37ClN2O5.ClH/c1-29(18-22(17-28)19-7-8-23(32-2)24(13-19)33-3)10-6-11-30-12-9-20-14-25(34-4)26(35-5)15-21(20)16-27(30)31;/h7-8,13-15,22H,6,9-12,16-18H2,1-5H3;1H/t22-;/m1./s1. The van der Waals surface area contributed by atoms with Gasteiger partial charge in [0.1, 0.15) is 0 Å². The number of alkyl halides is 1. The first-order valence-electron chi connectivity index (χ1n) is 11.9. The van der Waals surface area contributed by atoms with Crippen molar-refractivity contribution in [2.75, 3.05) is 67.5 Å². The summed E-state index contributed by atoms with van der Waals surface area (Å²) in [4.78, 5) is 17.2. The first-order valence-corrected chi connectivity index (χ1v) is 12.4. The average Bonchev–Trinajstić information content (AvgIpc) is 3.03. The largest absolute Gasteiger partial charge is 0.493 e. The number of likely N-dealkylation sites (N-methyl/N-ethyl adjacent to an activating group) is 1. The van der Waals surface area contributed by atoms with Crippen LogP contribution < -0.4 is 18.9 Å². The maximum atomic E-state index is 12.9. The Morgan fingerprint density at radius 1 is 0.944 bits per heavy atom. The minimum Gasteiger partial charge on any atom is -0.493 e. The van der Waals surface area contributed by atoms with E-state index >= 15 is 0 Å². The third-order valence-corrected chi connectivity index (χ3v) is 6.99. The molecule has 9 heteroatoms. The van der Waals surface area contributed by atoms with E-state index in [0.29, 0.717) is 41.8 Å². The van der Waals surface area contributed by atoms with E-state index in [1.165, 1.54) is 0 Å². The first-order chi connectivity index (χ1) is 16.9. The lowest BCUT2D eigenvalue weighted by atomic mass is 10.00. The van der Waals surface area contributed by atoms with Gasteiger partial charge in [-0.1, -0.05) is 6.07 Å². The summed E-state index contributed by atoms with van der Waals surface area (Å²) in [7, 11) is 8.62. The zero-order chi connectivity index (χ0) is 25.4. The summed E-state index contributed by atoms with van der Waals surface area (Å²) in [5, 5.41) is 0. The topological polar surface area (TPSA) is 60.5 Å². The number of amides is 1. The molecular weight excluding hydrogens is 503 g/mol. The second-order valence-electron chi connectivity index (χ2n) is 8.86. The lowest BCUT2D eigenvalue weighted by Crippen LogP contribution is -2.35. The van der Waals surface area contributed by atoms with E-state index in [-0.39, 0.29) is 24.2 Å². The molecule has 2 aromatic carbocycles. The number of fused-ring (bicyclic) bond motifs is 1. The molecule has 0 radical (unpaired) electrons. The predicted molar refractivity (Wildman–Crippen MR) is 146 cm³/mol. The quantitative estimate of drug-likeness (QED) is 0.371. The van der Waals surface area contributed by atoms with Gasteiger partial charge in [0.2, 0.25) is 5.91 Å². The summed E-state index contributed by atoms with van der Waals surface area (Å²) >= 11 is 6.33. The average molecular weight is 542 g/mol. The monoisotopic (exact) mass is 540 g/mol. The Balaban J connectivity index is 0.00000456. The highest BCUT2D eigenvalue weighted by Gasteiger charge is 2.23. The van der Waals surface area contributed by atoms with Crippen LogP contribution in [-0.2, 0) is 17.6 Å². The molecule has 1 aliphatic heterocycles. The molecule has 1 amide bonds. The Kier molecular flexibility index (Phi) is 12.0. The molecular formula is C27H38Cl2N2O5. The van der Waals surface area contributed by atoms with Crippen LogP contribution in [-0.4, -0.2) is 83.3 Å². The Bertz CT molecular complexity index is 1000. The van der Waals surface area contributed by atoms with Crippen LogP contribution in [0.15, 0.2) is 30.3 Å². The van der Waals surface area contributed by atoms with Crippen LogP contribution in [0, 0.1) is 0 Å². The number of rotatable bonds is 12. The van der Waals surface area contributed by atoms with Crippen molar-refractivity contribution in [3.8, 4) is 23.0 Å². The van der Waals surface area contributed by atoms with Crippen molar-refractivity contribution in [1.29, 1.82) is 0 Å². The number of halogens is 2. The molecule has 1 aliphatic rings. The Morgan fingerprint density at radius 3 is 2.17 bits per heavy atom. The van der Waals surface area contributed by atoms with Crippen molar-refractivity contribution in [2.24, 2.45) is 0 Å². The van der Waals surface area contributed by atoms with Gasteiger partial charge >= 0.3 is 0 Å². The molecule has 0 bridgehead atoms. The molecule has 2 aromatic rings. The van der Waals surface area contributed by atoms with E-state index in [2.05, 4.69) is 11.9 Å². The van der Waals surface area contributed by atoms with Gasteiger partial charge in [-0.3, -0.25) is 4.79 Å². The summed E-state index contributed by atoms with van der Waals surface area (Å²) in [6.07, 6.45) is 2.09. The summed E-state index contributed by atoms with van der Waals surface area (Å²) in [5.74, 6) is 3.62. The van der Waals surface area contributed by atoms with Gasteiger partial charge in [0.15, 0.2) is 23.0 Å². The van der Waals surface area contributed by atoms with E-state index < -0.39 is 0 Å². The fraction of sp³-hybridized carbons (Fsp3) is 0.519. The zero-order valence-corrected chi connectivity index (χ0v) is 23.4. The number of benzene rings is 2. The van der Waals surface area contributed by atoms with Crippen molar-refractivity contribution >= 4 is 29.9 Å². The van der Waals surface area contributed by atoms with Crippen LogP contribution in [0.1, 0.15) is 29.0 Å². The van der Waals surface area contributed by atoms with Crippen molar-refractivity contribution in [1.82, 2.24) is 9.80 Å². The molecule has 3 rings (SSSR count). The smallest absolute Gasteiger partial charge is 0.227 e. The molecule has 0 unspecified atom stereocenters. The van der Waals surface area contributed by atoms with E-state index in [4.69, 9.17) is 30.5 Å². The van der Waals surface area contributed by atoms with Crippen LogP contribution >= 0.6 is 24.0 Å². The van der Waals surface area contributed by atoms with Gasteiger partial charge in [0, 0.05) is 31.4 Å². The van der Waals surface area contributed by atoms with E-state index in [1.54, 1.807) is 28.4 Å². The molecule has 0 fully saturated rings. The van der Waals surface area contributed by atoms with Gasteiger partial charge in [-0.15, -0.1) is 24.0 Å². The second kappa shape index (κ2) is 14.4. The van der Waals surface area contributed by atoms with Crippen LogP contribution in [0.5, 0.6) is 23.0 Å². The molecule has 0 saturated heterocycles. The molecule has 0 N–H and O–H groups in total. The number of hydrogen-bond acceptors (Lipinski definition) is 6. The minimum atomic E-state index is 0. The first kappa shape index (κ1) is 29.9. The lowest BCUT2D eigenvalue weighted by Gasteiger charge is -2.25. The number of hydrogen-bond donors (Lipinski definition) is 0. The molecule has 36 heavy (non-hydrogen) atoms. The molecule has 1 heterocycles. The fourth-order valence-electron chi connectivity index (χ4n) is 4.60. The van der Waals surface area contributed by atoms with Crippen LogP contribution in [0.2, 0.25) is 0 Å². The van der Waals surface area contributed by atoms with Gasteiger partial charge in [-0.25, -0.2) is 0 Å². The van der Waals surface area contributed by atoms with Crippen molar-refractivity contribution in [3.05, 3.63) is 47.0 Å². The summed E-state index contributed by atoms with van der Waals surface area (Å²) in [6.45, 7) is 3.13. The Labute approximate surface area is 226 Å². The maximum Gasteiger partial charge on any atom is 0.227 e. The van der Waals surface area contributed by atoms with E-state index in [9.17, 15) is 4.79 Å². The van der Waals surface area contributed by atoms with Crippen LogP contribution in [0.3, 0.4) is 0 Å². The maximum absolute atomic E-state index is 12.9. The normalized spacial score (nSPS) is 14.0. The highest BCUT2D eigenvalue weighted by molar-refractivity contribution is 6.18. The number of carbonyl (C=O) groups is 1. The van der Waals surface area contributed by atoms with E-state index in [1.807, 2.05) is 35.2 Å². The van der Waals surface area contributed by atoms with Crippen LogP contribution in [0.25, 0.3) is 0 Å². The van der Waals surface area contributed by atoms with Gasteiger partial charge in [0.25, 0.3) is 0 Å². The van der Waals surface area contributed by atoms with Gasteiger partial charge in [-0.2, -0.15) is 0 Å². The highest BCUT2D eigenvalue weighted by atomic mass is 35.5. The summed E-state index contributed by atoms with van der Waals surface area (Å²) in [5.41, 5.74) is 3.29. The second-order valence-corrected chi connectivity index (χ2v) is 9.17. The molecule has 7 nitrogen and oxygen atoms in total. The molecule has 1 atom stereocenters. The van der Waals surface area contributed by atoms with Gasteiger partial charge < -0.3 is 28.7 Å². The van der Waals surface area contributed by atoms with Gasteiger partial charge in [-0.05, 0) is 67.4 Å². The summed E-state index contributed by atoms with van der Waals surface area (Å²) < 4.78 is 21.6. The highest BCUT2D eigenvalue weighted by Crippen LogP contribution is 2.33. The molecule has 0 saturated carbocycles. The van der Waals surface area contributed by atoms with Crippen molar-refractivity contribution in [3.63, 3.8) is 0 Å². The Hall–Kier alpha value is -2.35. The zero-order valence-electron chi connectivity index (χ0n) is 21.8. The van der Waals surface area contributed by atoms with E-state index in [0.717, 1.165) is 49.2 Å².